The zero-order valence-electron chi connectivity index (χ0n) is 9.71. The summed E-state index contributed by atoms with van der Waals surface area (Å²) in [6, 6.07) is 0. The third-order valence-electron chi connectivity index (χ3n) is 4.01. The molecule has 2 nitrogen and oxygen atoms in total. The third kappa shape index (κ3) is 3.04. The minimum Gasteiger partial charge on any atom is -0.316 e. The van der Waals surface area contributed by atoms with Crippen molar-refractivity contribution in [3.63, 3.8) is 0 Å². The van der Waals surface area contributed by atoms with Crippen LogP contribution in [0.4, 0.5) is 0 Å². The molecule has 1 atom stereocenters. The average molecular weight is 229 g/mol. The average Bonchev–Trinajstić information content (AvgIpc) is 2.23. The highest BCUT2D eigenvalue weighted by Gasteiger charge is 2.27. The van der Waals surface area contributed by atoms with Gasteiger partial charge in [-0.3, -0.25) is 4.21 Å². The van der Waals surface area contributed by atoms with Crippen LogP contribution in [-0.4, -0.2) is 28.3 Å². The SMILES string of the molecule is CCC1CCC(S(=O)CC2CNC2)CC1. The van der Waals surface area contributed by atoms with Crippen LogP contribution in [0.1, 0.15) is 39.0 Å². The monoisotopic (exact) mass is 229 g/mol. The third-order valence-corrected chi connectivity index (χ3v) is 6.02. The van der Waals surface area contributed by atoms with Crippen molar-refractivity contribution in [3.8, 4) is 0 Å². The van der Waals surface area contributed by atoms with Crippen LogP contribution in [0.2, 0.25) is 0 Å². The van der Waals surface area contributed by atoms with E-state index in [1.807, 2.05) is 0 Å². The van der Waals surface area contributed by atoms with Gasteiger partial charge in [0, 0.05) is 34.9 Å². The predicted molar refractivity (Wildman–Crippen MR) is 65.4 cm³/mol. The first-order valence-electron chi connectivity index (χ1n) is 6.37. The fourth-order valence-corrected chi connectivity index (χ4v) is 4.41. The van der Waals surface area contributed by atoms with Crippen LogP contribution in [-0.2, 0) is 10.8 Å². The van der Waals surface area contributed by atoms with Crippen molar-refractivity contribution in [2.45, 2.75) is 44.3 Å². The van der Waals surface area contributed by atoms with Crippen LogP contribution in [0.5, 0.6) is 0 Å². The topological polar surface area (TPSA) is 29.1 Å². The van der Waals surface area contributed by atoms with Crippen LogP contribution in [0.15, 0.2) is 0 Å². The molecular weight excluding hydrogens is 206 g/mol. The van der Waals surface area contributed by atoms with Gasteiger partial charge in [0.05, 0.1) is 0 Å². The predicted octanol–water partition coefficient (Wildman–Crippen LogP) is 1.92. The van der Waals surface area contributed by atoms with Gasteiger partial charge in [0.1, 0.15) is 0 Å². The second kappa shape index (κ2) is 5.44. The quantitative estimate of drug-likeness (QED) is 0.798. The van der Waals surface area contributed by atoms with Gasteiger partial charge < -0.3 is 5.32 Å². The molecule has 2 rings (SSSR count). The van der Waals surface area contributed by atoms with E-state index in [0.717, 1.165) is 24.8 Å². The summed E-state index contributed by atoms with van der Waals surface area (Å²) < 4.78 is 12.1. The van der Waals surface area contributed by atoms with Gasteiger partial charge in [-0.05, 0) is 37.5 Å². The lowest BCUT2D eigenvalue weighted by molar-refractivity contribution is 0.349. The zero-order chi connectivity index (χ0) is 10.7. The molecule has 1 aliphatic carbocycles. The normalized spacial score (nSPS) is 34.7. The van der Waals surface area contributed by atoms with E-state index in [1.54, 1.807) is 0 Å². The first-order valence-corrected chi connectivity index (χ1v) is 7.75. The Hall–Kier alpha value is 0.110. The molecule has 0 bridgehead atoms. The molecule has 2 fully saturated rings. The maximum atomic E-state index is 12.1. The van der Waals surface area contributed by atoms with Gasteiger partial charge in [-0.1, -0.05) is 13.3 Å². The first-order chi connectivity index (χ1) is 7.29. The van der Waals surface area contributed by atoms with Crippen LogP contribution in [0.25, 0.3) is 0 Å². The second-order valence-electron chi connectivity index (χ2n) is 5.12. The first kappa shape index (κ1) is 11.6. The van der Waals surface area contributed by atoms with Crippen molar-refractivity contribution >= 4 is 10.8 Å². The lowest BCUT2D eigenvalue weighted by Crippen LogP contribution is -2.45. The molecule has 0 radical (unpaired) electrons. The van der Waals surface area contributed by atoms with E-state index in [1.165, 1.54) is 32.1 Å². The van der Waals surface area contributed by atoms with Crippen LogP contribution >= 0.6 is 0 Å². The van der Waals surface area contributed by atoms with Gasteiger partial charge in [-0.15, -0.1) is 0 Å². The Labute approximate surface area is 95.7 Å². The van der Waals surface area contributed by atoms with Crippen molar-refractivity contribution in [3.05, 3.63) is 0 Å². The van der Waals surface area contributed by atoms with Crippen molar-refractivity contribution < 1.29 is 4.21 Å². The summed E-state index contributed by atoms with van der Waals surface area (Å²) in [5.41, 5.74) is 0. The standard InChI is InChI=1S/C12H23NOS/c1-2-10-3-5-12(6-4-10)15(14)9-11-7-13-8-11/h10-13H,2-9H2,1H3. The Morgan fingerprint density at radius 2 is 1.80 bits per heavy atom. The molecule has 88 valence electrons. The Balaban J connectivity index is 1.71. The number of hydrogen-bond acceptors (Lipinski definition) is 2. The van der Waals surface area contributed by atoms with Crippen molar-refractivity contribution in [1.82, 2.24) is 5.32 Å². The molecule has 15 heavy (non-hydrogen) atoms. The Kier molecular flexibility index (Phi) is 4.21. The summed E-state index contributed by atoms with van der Waals surface area (Å²) in [4.78, 5) is 0. The molecule has 2 aliphatic rings. The highest BCUT2D eigenvalue weighted by atomic mass is 32.2. The molecule has 1 saturated carbocycles. The lowest BCUT2D eigenvalue weighted by atomic mass is 9.87. The molecule has 0 aromatic rings. The second-order valence-corrected chi connectivity index (χ2v) is 6.88. The van der Waals surface area contributed by atoms with Gasteiger partial charge in [-0.2, -0.15) is 0 Å². The van der Waals surface area contributed by atoms with E-state index in [2.05, 4.69) is 12.2 Å². The smallest absolute Gasteiger partial charge is 0.0348 e. The fourth-order valence-electron chi connectivity index (χ4n) is 2.64. The molecule has 1 N–H and O–H groups in total. The molecule has 1 aliphatic heterocycles. The molecule has 0 spiro atoms. The molecule has 0 aromatic heterocycles. The number of nitrogens with one attached hydrogen (secondary N) is 1. The highest BCUT2D eigenvalue weighted by Crippen LogP contribution is 2.29. The summed E-state index contributed by atoms with van der Waals surface area (Å²) in [5, 5.41) is 3.77. The molecule has 1 unspecified atom stereocenters. The van der Waals surface area contributed by atoms with Gasteiger partial charge in [-0.25, -0.2) is 0 Å². The zero-order valence-corrected chi connectivity index (χ0v) is 10.5. The maximum absolute atomic E-state index is 12.1. The Bertz CT molecular complexity index is 220. The summed E-state index contributed by atoms with van der Waals surface area (Å²) in [6.45, 7) is 4.47. The van der Waals surface area contributed by atoms with E-state index in [0.29, 0.717) is 11.2 Å². The lowest BCUT2D eigenvalue weighted by Gasteiger charge is -2.31. The van der Waals surface area contributed by atoms with Gasteiger partial charge in [0.15, 0.2) is 0 Å². The van der Waals surface area contributed by atoms with Crippen molar-refractivity contribution in [1.29, 1.82) is 0 Å². The van der Waals surface area contributed by atoms with E-state index in [9.17, 15) is 4.21 Å². The molecule has 0 aromatic carbocycles. The Morgan fingerprint density at radius 1 is 1.13 bits per heavy atom. The summed E-state index contributed by atoms with van der Waals surface area (Å²) in [5.74, 6) is 2.58. The minimum absolute atomic E-state index is 0.522. The van der Waals surface area contributed by atoms with Crippen LogP contribution < -0.4 is 5.32 Å². The van der Waals surface area contributed by atoms with E-state index >= 15 is 0 Å². The largest absolute Gasteiger partial charge is 0.316 e. The summed E-state index contributed by atoms with van der Waals surface area (Å²) in [7, 11) is -0.542. The van der Waals surface area contributed by atoms with Gasteiger partial charge in [0.25, 0.3) is 0 Å². The molecular formula is C12H23NOS. The van der Waals surface area contributed by atoms with Crippen molar-refractivity contribution in [2.75, 3.05) is 18.8 Å². The number of rotatable bonds is 4. The van der Waals surface area contributed by atoms with E-state index < -0.39 is 10.8 Å². The Morgan fingerprint density at radius 3 is 2.27 bits per heavy atom. The highest BCUT2D eigenvalue weighted by molar-refractivity contribution is 7.85. The summed E-state index contributed by atoms with van der Waals surface area (Å²) >= 11 is 0. The molecule has 0 amide bonds. The minimum atomic E-state index is -0.542. The number of hydrogen-bond donors (Lipinski definition) is 1. The molecule has 1 heterocycles. The molecule has 1 saturated heterocycles. The van der Waals surface area contributed by atoms with Crippen LogP contribution in [0.3, 0.4) is 0 Å². The molecule has 3 heteroatoms. The van der Waals surface area contributed by atoms with Crippen molar-refractivity contribution in [2.24, 2.45) is 11.8 Å². The van der Waals surface area contributed by atoms with Crippen LogP contribution in [0, 0.1) is 11.8 Å². The van der Waals surface area contributed by atoms with Gasteiger partial charge in [0.2, 0.25) is 0 Å². The van der Waals surface area contributed by atoms with Gasteiger partial charge >= 0.3 is 0 Å². The van der Waals surface area contributed by atoms with E-state index in [4.69, 9.17) is 0 Å². The van der Waals surface area contributed by atoms with E-state index in [-0.39, 0.29) is 0 Å². The fraction of sp³-hybridized carbons (Fsp3) is 1.00. The maximum Gasteiger partial charge on any atom is 0.0348 e. The summed E-state index contributed by atoms with van der Waals surface area (Å²) in [6.07, 6.45) is 6.37.